The standard InChI is InChI=1S/C26H29N3O7/c1-3-13-35-19-9-5-17(6-10-19)27-23(30)15-21(25(27)32)29(34)22-16-24(31)28(26(22)33)18-7-11-20(12-8-18)36-14-4-2/h5-12,21-22,34H,3-4,13-16H2,1-2H3/t21-,22-/m1/s1. The van der Waals surface area contributed by atoms with Gasteiger partial charge in [-0.1, -0.05) is 13.8 Å². The number of carbonyl (C=O) groups excluding carboxylic acids is 4. The lowest BCUT2D eigenvalue weighted by molar-refractivity contribution is -0.172. The first-order chi connectivity index (χ1) is 17.3. The minimum absolute atomic E-state index is 0.315. The van der Waals surface area contributed by atoms with Crippen molar-refractivity contribution in [3.63, 3.8) is 0 Å². The smallest absolute Gasteiger partial charge is 0.254 e. The van der Waals surface area contributed by atoms with Crippen molar-refractivity contribution in [1.29, 1.82) is 0 Å². The fourth-order valence-corrected chi connectivity index (χ4v) is 4.23. The topological polar surface area (TPSA) is 117 Å². The molecule has 10 heteroatoms. The summed E-state index contributed by atoms with van der Waals surface area (Å²) in [5.41, 5.74) is 0.677. The molecule has 0 bridgehead atoms. The molecule has 0 spiro atoms. The molecule has 2 atom stereocenters. The Bertz CT molecular complexity index is 1040. The molecule has 190 valence electrons. The van der Waals surface area contributed by atoms with Crippen molar-refractivity contribution in [3.8, 4) is 11.5 Å². The highest BCUT2D eigenvalue weighted by Crippen LogP contribution is 2.32. The Morgan fingerprint density at radius 1 is 0.722 bits per heavy atom. The Kier molecular flexibility index (Phi) is 7.66. The number of nitrogens with zero attached hydrogens (tertiary/aromatic N) is 3. The fraction of sp³-hybridized carbons (Fsp3) is 0.385. The molecule has 2 aromatic rings. The van der Waals surface area contributed by atoms with Gasteiger partial charge in [-0.2, -0.15) is 5.06 Å². The minimum atomic E-state index is -1.28. The molecule has 2 fully saturated rings. The number of hydrogen-bond acceptors (Lipinski definition) is 8. The molecule has 0 aliphatic carbocycles. The minimum Gasteiger partial charge on any atom is -0.494 e. The van der Waals surface area contributed by atoms with E-state index in [0.29, 0.717) is 41.2 Å². The Labute approximate surface area is 208 Å². The quantitative estimate of drug-likeness (QED) is 0.395. The van der Waals surface area contributed by atoms with E-state index in [9.17, 15) is 24.4 Å². The molecule has 0 saturated carbocycles. The van der Waals surface area contributed by atoms with Crippen molar-refractivity contribution in [2.75, 3.05) is 23.0 Å². The maximum absolute atomic E-state index is 13.1. The molecule has 2 aromatic carbocycles. The molecule has 0 radical (unpaired) electrons. The number of carbonyl (C=O) groups is 4. The summed E-state index contributed by atoms with van der Waals surface area (Å²) in [4.78, 5) is 53.5. The van der Waals surface area contributed by atoms with Crippen LogP contribution in [0.5, 0.6) is 11.5 Å². The zero-order chi connectivity index (χ0) is 25.8. The zero-order valence-corrected chi connectivity index (χ0v) is 20.3. The van der Waals surface area contributed by atoms with Gasteiger partial charge in [0.2, 0.25) is 11.8 Å². The van der Waals surface area contributed by atoms with E-state index in [1.165, 1.54) is 0 Å². The summed E-state index contributed by atoms with van der Waals surface area (Å²) >= 11 is 0. The molecule has 2 saturated heterocycles. The van der Waals surface area contributed by atoms with Crippen LogP contribution in [-0.4, -0.2) is 59.2 Å². The fourth-order valence-electron chi connectivity index (χ4n) is 4.23. The molecule has 2 aliphatic heterocycles. The summed E-state index contributed by atoms with van der Waals surface area (Å²) in [5.74, 6) is -1.13. The highest BCUT2D eigenvalue weighted by molar-refractivity contribution is 6.24. The van der Waals surface area contributed by atoms with Crippen LogP contribution in [0.1, 0.15) is 39.5 Å². The predicted octanol–water partition coefficient (Wildman–Crippen LogP) is 2.92. The first-order valence-electron chi connectivity index (χ1n) is 12.0. The van der Waals surface area contributed by atoms with Crippen molar-refractivity contribution in [1.82, 2.24) is 5.06 Å². The van der Waals surface area contributed by atoms with Crippen LogP contribution >= 0.6 is 0 Å². The number of imide groups is 2. The molecule has 2 aliphatic rings. The molecule has 0 aromatic heterocycles. The van der Waals surface area contributed by atoms with Crippen molar-refractivity contribution in [2.45, 2.75) is 51.6 Å². The monoisotopic (exact) mass is 495 g/mol. The van der Waals surface area contributed by atoms with Crippen LogP contribution < -0.4 is 19.3 Å². The van der Waals surface area contributed by atoms with Gasteiger partial charge in [0.1, 0.15) is 23.6 Å². The zero-order valence-electron chi connectivity index (χ0n) is 20.3. The van der Waals surface area contributed by atoms with Crippen molar-refractivity contribution in [3.05, 3.63) is 48.5 Å². The van der Waals surface area contributed by atoms with Crippen LogP contribution in [0.3, 0.4) is 0 Å². The van der Waals surface area contributed by atoms with Gasteiger partial charge in [-0.05, 0) is 61.4 Å². The van der Waals surface area contributed by atoms with E-state index in [1.807, 2.05) is 13.8 Å². The van der Waals surface area contributed by atoms with Gasteiger partial charge in [-0.15, -0.1) is 0 Å². The number of hydrogen-bond donors (Lipinski definition) is 1. The highest BCUT2D eigenvalue weighted by atomic mass is 16.5. The number of rotatable bonds is 10. The summed E-state index contributed by atoms with van der Waals surface area (Å²) in [6.45, 7) is 5.06. The molecule has 10 nitrogen and oxygen atoms in total. The summed E-state index contributed by atoms with van der Waals surface area (Å²) in [5, 5.41) is 11.4. The molecule has 2 heterocycles. The second kappa shape index (κ2) is 10.9. The van der Waals surface area contributed by atoms with Gasteiger partial charge in [0.05, 0.1) is 37.4 Å². The second-order valence-corrected chi connectivity index (χ2v) is 8.64. The lowest BCUT2D eigenvalue weighted by atomic mass is 10.1. The lowest BCUT2D eigenvalue weighted by Gasteiger charge is -2.25. The van der Waals surface area contributed by atoms with E-state index < -0.39 is 35.7 Å². The molecular formula is C26H29N3O7. The third kappa shape index (κ3) is 4.95. The number of ether oxygens (including phenoxy) is 2. The number of amides is 4. The average Bonchev–Trinajstić information content (AvgIpc) is 3.35. The van der Waals surface area contributed by atoms with E-state index in [2.05, 4.69) is 0 Å². The summed E-state index contributed by atoms with van der Waals surface area (Å²) in [6, 6.07) is 10.4. The first-order valence-corrected chi connectivity index (χ1v) is 12.0. The van der Waals surface area contributed by atoms with Crippen molar-refractivity contribution in [2.24, 2.45) is 0 Å². The summed E-state index contributed by atoms with van der Waals surface area (Å²) in [7, 11) is 0. The van der Waals surface area contributed by atoms with E-state index in [4.69, 9.17) is 9.47 Å². The molecule has 4 rings (SSSR count). The van der Waals surface area contributed by atoms with Gasteiger partial charge < -0.3 is 14.7 Å². The molecule has 36 heavy (non-hydrogen) atoms. The van der Waals surface area contributed by atoms with Gasteiger partial charge in [0.15, 0.2) is 0 Å². The Morgan fingerprint density at radius 3 is 1.42 bits per heavy atom. The van der Waals surface area contributed by atoms with E-state index in [1.54, 1.807) is 48.5 Å². The van der Waals surface area contributed by atoms with Crippen LogP contribution in [0, 0.1) is 0 Å². The maximum atomic E-state index is 13.1. The molecular weight excluding hydrogens is 466 g/mol. The number of benzene rings is 2. The maximum Gasteiger partial charge on any atom is 0.254 e. The Hall–Kier alpha value is -3.76. The number of hydroxylamine groups is 2. The Balaban J connectivity index is 1.46. The van der Waals surface area contributed by atoms with Crippen molar-refractivity contribution < 1.29 is 33.9 Å². The molecule has 1 N–H and O–H groups in total. The molecule has 4 amide bonds. The van der Waals surface area contributed by atoms with Gasteiger partial charge in [-0.3, -0.25) is 19.2 Å². The second-order valence-electron chi connectivity index (χ2n) is 8.64. The third-order valence-electron chi connectivity index (χ3n) is 6.02. The van der Waals surface area contributed by atoms with Gasteiger partial charge in [-0.25, -0.2) is 9.80 Å². The summed E-state index contributed by atoms with van der Waals surface area (Å²) in [6.07, 6.45) is 1.06. The third-order valence-corrected chi connectivity index (χ3v) is 6.02. The average molecular weight is 496 g/mol. The van der Waals surface area contributed by atoms with E-state index in [-0.39, 0.29) is 12.8 Å². The normalized spacial score (nSPS) is 20.1. The van der Waals surface area contributed by atoms with E-state index in [0.717, 1.165) is 22.6 Å². The van der Waals surface area contributed by atoms with E-state index >= 15 is 0 Å². The van der Waals surface area contributed by atoms with Gasteiger partial charge in [0.25, 0.3) is 11.8 Å². The largest absolute Gasteiger partial charge is 0.494 e. The highest BCUT2D eigenvalue weighted by Gasteiger charge is 2.50. The number of anilines is 2. The Morgan fingerprint density at radius 2 is 1.08 bits per heavy atom. The SMILES string of the molecule is CCCOc1ccc(N2C(=O)C[C@@H](N(O)[C@@H]3CC(=O)N(c4ccc(OCCC)cc4)C3=O)C2=O)cc1. The first kappa shape index (κ1) is 25.3. The predicted molar refractivity (Wildman–Crippen MR) is 130 cm³/mol. The summed E-state index contributed by atoms with van der Waals surface area (Å²) < 4.78 is 11.1. The van der Waals surface area contributed by atoms with Crippen LogP contribution in [0.15, 0.2) is 48.5 Å². The van der Waals surface area contributed by atoms with Crippen LogP contribution in [0.2, 0.25) is 0 Å². The van der Waals surface area contributed by atoms with Gasteiger partial charge >= 0.3 is 0 Å². The van der Waals surface area contributed by atoms with Crippen molar-refractivity contribution >= 4 is 35.0 Å². The van der Waals surface area contributed by atoms with Crippen LogP contribution in [-0.2, 0) is 19.2 Å². The van der Waals surface area contributed by atoms with Crippen LogP contribution in [0.4, 0.5) is 11.4 Å². The van der Waals surface area contributed by atoms with Crippen LogP contribution in [0.25, 0.3) is 0 Å². The van der Waals surface area contributed by atoms with Gasteiger partial charge in [0, 0.05) is 0 Å². The lowest BCUT2D eigenvalue weighted by Crippen LogP contribution is -2.49. The molecule has 0 unspecified atom stereocenters.